The highest BCUT2D eigenvalue weighted by Gasteiger charge is 2.27. The van der Waals surface area contributed by atoms with Crippen LogP contribution in [0.15, 0.2) is 64.5 Å². The number of carbonyl (C=O) groups is 1. The van der Waals surface area contributed by atoms with Crippen LogP contribution in [0, 0.1) is 6.92 Å². The van der Waals surface area contributed by atoms with Crippen molar-refractivity contribution in [2.45, 2.75) is 25.7 Å². The lowest BCUT2D eigenvalue weighted by atomic mass is 9.97. The monoisotopic (exact) mass is 474 g/mol. The van der Waals surface area contributed by atoms with E-state index in [2.05, 4.69) is 15.9 Å². The second-order valence-electron chi connectivity index (χ2n) is 8.32. The summed E-state index contributed by atoms with van der Waals surface area (Å²) in [5, 5.41) is 10.5. The van der Waals surface area contributed by atoms with Gasteiger partial charge < -0.3 is 19.5 Å². The third-order valence-electron chi connectivity index (χ3n) is 6.16. The van der Waals surface area contributed by atoms with E-state index < -0.39 is 0 Å². The minimum Gasteiger partial charge on any atom is -0.497 e. The van der Waals surface area contributed by atoms with Gasteiger partial charge in [-0.3, -0.25) is 0 Å². The number of anilines is 1. The molecule has 0 bridgehead atoms. The lowest BCUT2D eigenvalue weighted by molar-refractivity contribution is 0.194. The van der Waals surface area contributed by atoms with Crippen molar-refractivity contribution in [3.05, 3.63) is 70.7 Å². The molecule has 1 fully saturated rings. The molecule has 0 aliphatic carbocycles. The van der Waals surface area contributed by atoms with Crippen LogP contribution >= 0.6 is 11.3 Å². The Hall–Kier alpha value is -3.65. The van der Waals surface area contributed by atoms with E-state index in [4.69, 9.17) is 14.2 Å². The second-order valence-corrected chi connectivity index (χ2v) is 9.21. The molecule has 1 aliphatic rings. The molecule has 3 heterocycles. The molecular formula is C26H26N4O3S. The van der Waals surface area contributed by atoms with Crippen LogP contribution in [-0.4, -0.2) is 41.3 Å². The summed E-state index contributed by atoms with van der Waals surface area (Å²) in [6, 6.07) is 17.3. The summed E-state index contributed by atoms with van der Waals surface area (Å²) < 4.78 is 10.8. The molecule has 1 aliphatic heterocycles. The quantitative estimate of drug-likeness (QED) is 0.373. The number of nitrogens with one attached hydrogen (secondary N) is 1. The van der Waals surface area contributed by atoms with Gasteiger partial charge >= 0.3 is 6.03 Å². The molecule has 1 N–H and O–H groups in total. The van der Waals surface area contributed by atoms with Gasteiger partial charge in [-0.1, -0.05) is 23.4 Å². The Morgan fingerprint density at radius 3 is 2.56 bits per heavy atom. The number of ether oxygens (including phenoxy) is 1. The third-order valence-corrected chi connectivity index (χ3v) is 7.17. The van der Waals surface area contributed by atoms with E-state index in [1.54, 1.807) is 18.4 Å². The molecule has 2 aromatic heterocycles. The van der Waals surface area contributed by atoms with Crippen molar-refractivity contribution in [2.75, 3.05) is 25.5 Å². The van der Waals surface area contributed by atoms with Gasteiger partial charge in [0.2, 0.25) is 0 Å². The maximum absolute atomic E-state index is 12.6. The third kappa shape index (κ3) is 4.54. The fraction of sp³-hybridized carbons (Fsp3) is 0.269. The van der Waals surface area contributed by atoms with Gasteiger partial charge in [0, 0.05) is 35.6 Å². The predicted octanol–water partition coefficient (Wildman–Crippen LogP) is 6.19. The van der Waals surface area contributed by atoms with Gasteiger partial charge in [0.05, 0.1) is 23.4 Å². The predicted molar refractivity (Wildman–Crippen MR) is 133 cm³/mol. The van der Waals surface area contributed by atoms with Crippen LogP contribution in [0.4, 0.5) is 10.5 Å². The topological polar surface area (TPSA) is 80.5 Å². The highest BCUT2D eigenvalue weighted by atomic mass is 32.1. The van der Waals surface area contributed by atoms with E-state index in [0.717, 1.165) is 57.6 Å². The lowest BCUT2D eigenvalue weighted by Crippen LogP contribution is -2.40. The molecule has 2 amide bonds. The van der Waals surface area contributed by atoms with Crippen LogP contribution in [-0.2, 0) is 0 Å². The number of aryl methyl sites for hydroxylation is 1. The zero-order valence-electron chi connectivity index (χ0n) is 19.2. The number of aromatic nitrogens is 2. The molecule has 0 spiro atoms. The van der Waals surface area contributed by atoms with E-state index in [0.29, 0.717) is 19.0 Å². The second kappa shape index (κ2) is 9.69. The number of piperidine rings is 1. The molecule has 174 valence electrons. The number of likely N-dealkylation sites (tertiary alicyclic amines) is 1. The minimum atomic E-state index is -0.0475. The van der Waals surface area contributed by atoms with E-state index in [-0.39, 0.29) is 6.03 Å². The summed E-state index contributed by atoms with van der Waals surface area (Å²) in [6.07, 6.45) is 1.78. The number of nitrogens with zero attached hydrogens (tertiary/aromatic N) is 3. The molecule has 0 saturated carbocycles. The Morgan fingerprint density at radius 2 is 1.85 bits per heavy atom. The highest BCUT2D eigenvalue weighted by molar-refractivity contribution is 7.10. The van der Waals surface area contributed by atoms with Gasteiger partial charge in [0.1, 0.15) is 17.2 Å². The van der Waals surface area contributed by atoms with Gasteiger partial charge in [0.15, 0.2) is 0 Å². The van der Waals surface area contributed by atoms with Crippen molar-refractivity contribution >= 4 is 23.1 Å². The number of hydrogen-bond acceptors (Lipinski definition) is 6. The van der Waals surface area contributed by atoms with Gasteiger partial charge in [-0.25, -0.2) is 9.78 Å². The van der Waals surface area contributed by atoms with Crippen LogP contribution in [0.2, 0.25) is 0 Å². The average molecular weight is 475 g/mol. The van der Waals surface area contributed by atoms with Crippen LogP contribution in [0.1, 0.15) is 29.5 Å². The number of hydrogen-bond donors (Lipinski definition) is 1. The van der Waals surface area contributed by atoms with E-state index in [1.165, 1.54) is 0 Å². The Labute approximate surface area is 202 Å². The highest BCUT2D eigenvalue weighted by Crippen LogP contribution is 2.38. The van der Waals surface area contributed by atoms with E-state index >= 15 is 0 Å². The smallest absolute Gasteiger partial charge is 0.321 e. The van der Waals surface area contributed by atoms with Crippen LogP contribution in [0.25, 0.3) is 22.5 Å². The first-order valence-electron chi connectivity index (χ1n) is 11.3. The van der Waals surface area contributed by atoms with Gasteiger partial charge in [0.25, 0.3) is 0 Å². The van der Waals surface area contributed by atoms with Crippen LogP contribution in [0.3, 0.4) is 0 Å². The average Bonchev–Trinajstić information content (AvgIpc) is 3.51. The van der Waals surface area contributed by atoms with Crippen molar-refractivity contribution in [2.24, 2.45) is 0 Å². The van der Waals surface area contributed by atoms with Crippen molar-refractivity contribution in [3.63, 3.8) is 0 Å². The largest absolute Gasteiger partial charge is 0.497 e. The molecule has 34 heavy (non-hydrogen) atoms. The summed E-state index contributed by atoms with van der Waals surface area (Å²) in [6.45, 7) is 3.33. The van der Waals surface area contributed by atoms with Crippen LogP contribution < -0.4 is 10.1 Å². The number of urea groups is 1. The SMILES string of the molecule is COc1ccc(-c2noc(C)c2-c2csc(C3CCN(C(=O)Nc4ccccc4)CC3)n2)cc1. The Bertz CT molecular complexity index is 1260. The van der Waals surface area contributed by atoms with Crippen molar-refractivity contribution < 1.29 is 14.1 Å². The zero-order chi connectivity index (χ0) is 23.5. The summed E-state index contributed by atoms with van der Waals surface area (Å²) in [5.41, 5.74) is 4.36. The first kappa shape index (κ1) is 22.2. The lowest BCUT2D eigenvalue weighted by Gasteiger charge is -2.31. The fourth-order valence-electron chi connectivity index (χ4n) is 4.26. The summed E-state index contributed by atoms with van der Waals surface area (Å²) in [7, 11) is 1.65. The minimum absolute atomic E-state index is 0.0475. The number of rotatable bonds is 5. The number of benzene rings is 2. The summed E-state index contributed by atoms with van der Waals surface area (Å²) >= 11 is 1.67. The van der Waals surface area contributed by atoms with E-state index in [9.17, 15) is 4.79 Å². The van der Waals surface area contributed by atoms with E-state index in [1.807, 2.05) is 66.4 Å². The van der Waals surface area contributed by atoms with Gasteiger partial charge in [-0.2, -0.15) is 0 Å². The maximum Gasteiger partial charge on any atom is 0.321 e. The van der Waals surface area contributed by atoms with Gasteiger partial charge in [-0.05, 0) is 56.2 Å². The summed E-state index contributed by atoms with van der Waals surface area (Å²) in [5.74, 6) is 1.88. The van der Waals surface area contributed by atoms with Crippen molar-refractivity contribution in [3.8, 4) is 28.3 Å². The molecule has 0 unspecified atom stereocenters. The molecule has 2 aromatic carbocycles. The molecular weight excluding hydrogens is 448 g/mol. The first-order valence-corrected chi connectivity index (χ1v) is 12.2. The Morgan fingerprint density at radius 1 is 1.12 bits per heavy atom. The molecule has 7 nitrogen and oxygen atoms in total. The normalized spacial score (nSPS) is 14.2. The number of methoxy groups -OCH3 is 1. The number of thiazole rings is 1. The molecule has 1 saturated heterocycles. The Kier molecular flexibility index (Phi) is 6.31. The molecule has 0 atom stereocenters. The Balaban J connectivity index is 1.27. The molecule has 5 rings (SSSR count). The first-order chi connectivity index (χ1) is 16.6. The zero-order valence-corrected chi connectivity index (χ0v) is 20.0. The number of carbonyl (C=O) groups excluding carboxylic acids is 1. The summed E-state index contributed by atoms with van der Waals surface area (Å²) in [4.78, 5) is 19.4. The van der Waals surface area contributed by atoms with Gasteiger partial charge in [-0.15, -0.1) is 11.3 Å². The van der Waals surface area contributed by atoms with Crippen LogP contribution in [0.5, 0.6) is 5.75 Å². The standard InChI is InChI=1S/C26H26N4O3S/c1-17-23(24(29-33-17)18-8-10-21(32-2)11-9-18)22-16-34-25(28-22)19-12-14-30(15-13-19)26(31)27-20-6-4-3-5-7-20/h3-11,16,19H,12-15H2,1-2H3,(H,27,31). The fourth-order valence-corrected chi connectivity index (χ4v) is 5.25. The van der Waals surface area contributed by atoms with Crippen molar-refractivity contribution in [1.82, 2.24) is 15.0 Å². The molecule has 4 aromatic rings. The maximum atomic E-state index is 12.6. The molecule has 8 heteroatoms. The number of para-hydroxylation sites is 1. The number of amides is 2. The molecule has 0 radical (unpaired) electrons. The van der Waals surface area contributed by atoms with Crippen molar-refractivity contribution in [1.29, 1.82) is 0 Å².